The second-order valence-electron chi connectivity index (χ2n) is 6.34. The average molecular weight is 441 g/mol. The van der Waals surface area contributed by atoms with E-state index in [1.165, 1.54) is 12.1 Å². The molecule has 1 aliphatic rings. The molecule has 1 fully saturated rings. The molecule has 138 valence electrons. The quantitative estimate of drug-likeness (QED) is 0.763. The standard InChI is InChI=1S/C19H20BrClFN3O/c20-15-2-5-17(6-3-15)23-19(26)13-25-9-7-24(8-10-25)12-14-1-4-16(22)11-18(14)21/h1-6,11H,7-10,12-13H2,(H,23,26). The number of carbonyl (C=O) groups is 1. The molecule has 4 nitrogen and oxygen atoms in total. The minimum atomic E-state index is -0.319. The van der Waals surface area contributed by atoms with Gasteiger partial charge in [0.2, 0.25) is 5.91 Å². The molecule has 0 radical (unpaired) electrons. The van der Waals surface area contributed by atoms with E-state index in [1.807, 2.05) is 24.3 Å². The topological polar surface area (TPSA) is 35.6 Å². The van der Waals surface area contributed by atoms with Crippen molar-refractivity contribution in [1.29, 1.82) is 0 Å². The van der Waals surface area contributed by atoms with E-state index in [0.29, 0.717) is 18.1 Å². The fourth-order valence-corrected chi connectivity index (χ4v) is 3.42. The van der Waals surface area contributed by atoms with Crippen LogP contribution in [0.1, 0.15) is 5.56 Å². The van der Waals surface area contributed by atoms with Crippen LogP contribution in [0.3, 0.4) is 0 Å². The zero-order valence-corrected chi connectivity index (χ0v) is 16.6. The molecule has 2 aromatic carbocycles. The molecule has 1 heterocycles. The molecule has 0 aliphatic carbocycles. The minimum Gasteiger partial charge on any atom is -0.325 e. The third-order valence-corrected chi connectivity index (χ3v) is 5.25. The summed E-state index contributed by atoms with van der Waals surface area (Å²) in [5.74, 6) is -0.331. The first-order chi connectivity index (χ1) is 12.5. The van der Waals surface area contributed by atoms with Gasteiger partial charge in [-0.05, 0) is 42.0 Å². The van der Waals surface area contributed by atoms with Crippen LogP contribution in [-0.4, -0.2) is 48.4 Å². The van der Waals surface area contributed by atoms with Gasteiger partial charge < -0.3 is 5.32 Å². The molecule has 0 bridgehead atoms. The fraction of sp³-hybridized carbons (Fsp3) is 0.316. The van der Waals surface area contributed by atoms with Gasteiger partial charge in [-0.3, -0.25) is 14.6 Å². The Morgan fingerprint density at radius 3 is 2.38 bits per heavy atom. The second-order valence-corrected chi connectivity index (χ2v) is 7.67. The second kappa shape index (κ2) is 8.95. The van der Waals surface area contributed by atoms with Crippen molar-refractivity contribution in [3.8, 4) is 0 Å². The Morgan fingerprint density at radius 1 is 1.08 bits per heavy atom. The lowest BCUT2D eigenvalue weighted by molar-refractivity contribution is -0.117. The summed E-state index contributed by atoms with van der Waals surface area (Å²) >= 11 is 9.48. The van der Waals surface area contributed by atoms with E-state index in [9.17, 15) is 9.18 Å². The summed E-state index contributed by atoms with van der Waals surface area (Å²) in [5.41, 5.74) is 1.72. The number of carbonyl (C=O) groups excluding carboxylic acids is 1. The fourth-order valence-electron chi connectivity index (χ4n) is 2.93. The summed E-state index contributed by atoms with van der Waals surface area (Å²) in [7, 11) is 0. The lowest BCUT2D eigenvalue weighted by atomic mass is 10.2. The van der Waals surface area contributed by atoms with Gasteiger partial charge in [0.15, 0.2) is 0 Å². The van der Waals surface area contributed by atoms with E-state index in [2.05, 4.69) is 31.0 Å². The molecule has 2 aromatic rings. The van der Waals surface area contributed by atoms with Crippen molar-refractivity contribution in [3.63, 3.8) is 0 Å². The number of hydrogen-bond acceptors (Lipinski definition) is 3. The minimum absolute atomic E-state index is 0.0117. The molecule has 0 saturated carbocycles. The largest absolute Gasteiger partial charge is 0.325 e. The summed E-state index contributed by atoms with van der Waals surface area (Å²) in [4.78, 5) is 16.6. The van der Waals surface area contributed by atoms with Crippen molar-refractivity contribution in [2.45, 2.75) is 6.54 Å². The monoisotopic (exact) mass is 439 g/mol. The Labute approximate surface area is 166 Å². The average Bonchev–Trinajstić information content (AvgIpc) is 2.61. The summed E-state index contributed by atoms with van der Waals surface area (Å²) < 4.78 is 14.1. The number of nitrogens with one attached hydrogen (secondary N) is 1. The summed E-state index contributed by atoms with van der Waals surface area (Å²) in [6, 6.07) is 12.0. The molecule has 1 N–H and O–H groups in total. The maximum atomic E-state index is 13.1. The van der Waals surface area contributed by atoms with Gasteiger partial charge in [-0.15, -0.1) is 0 Å². The van der Waals surface area contributed by atoms with Gasteiger partial charge in [-0.1, -0.05) is 33.6 Å². The molecule has 1 saturated heterocycles. The van der Waals surface area contributed by atoms with Crippen molar-refractivity contribution in [3.05, 3.63) is 63.3 Å². The Bertz CT molecular complexity index is 764. The highest BCUT2D eigenvalue weighted by Gasteiger charge is 2.19. The third-order valence-electron chi connectivity index (χ3n) is 4.37. The molecule has 7 heteroatoms. The van der Waals surface area contributed by atoms with E-state index >= 15 is 0 Å². The highest BCUT2D eigenvalue weighted by molar-refractivity contribution is 9.10. The van der Waals surface area contributed by atoms with Crippen LogP contribution in [0.15, 0.2) is 46.9 Å². The zero-order chi connectivity index (χ0) is 18.5. The maximum Gasteiger partial charge on any atom is 0.238 e. The number of halogens is 3. The van der Waals surface area contributed by atoms with E-state index in [-0.39, 0.29) is 11.7 Å². The highest BCUT2D eigenvalue weighted by atomic mass is 79.9. The predicted molar refractivity (Wildman–Crippen MR) is 106 cm³/mol. The molecule has 1 amide bonds. The third kappa shape index (κ3) is 5.51. The first-order valence-electron chi connectivity index (χ1n) is 8.43. The number of piperazine rings is 1. The molecule has 0 spiro atoms. The van der Waals surface area contributed by atoms with Crippen molar-refractivity contribution in [2.24, 2.45) is 0 Å². The van der Waals surface area contributed by atoms with Crippen molar-refractivity contribution >= 4 is 39.1 Å². The van der Waals surface area contributed by atoms with E-state index in [4.69, 9.17) is 11.6 Å². The first kappa shape index (κ1) is 19.3. The molecule has 0 unspecified atom stereocenters. The lowest BCUT2D eigenvalue weighted by Crippen LogP contribution is -2.48. The molecule has 3 rings (SSSR count). The van der Waals surface area contributed by atoms with E-state index in [1.54, 1.807) is 6.07 Å². The number of amides is 1. The molecular weight excluding hydrogens is 421 g/mol. The molecule has 0 atom stereocenters. The SMILES string of the molecule is O=C(CN1CCN(Cc2ccc(F)cc2Cl)CC1)Nc1ccc(Br)cc1. The van der Waals surface area contributed by atoms with Crippen LogP contribution < -0.4 is 5.32 Å². The Kier molecular flexibility index (Phi) is 6.64. The van der Waals surface area contributed by atoms with Crippen LogP contribution in [0, 0.1) is 5.82 Å². The van der Waals surface area contributed by atoms with Crippen molar-refractivity contribution in [2.75, 3.05) is 38.0 Å². The number of anilines is 1. The number of benzene rings is 2. The van der Waals surface area contributed by atoms with E-state index in [0.717, 1.165) is 41.9 Å². The van der Waals surface area contributed by atoms with Crippen molar-refractivity contribution < 1.29 is 9.18 Å². The maximum absolute atomic E-state index is 13.1. The van der Waals surface area contributed by atoms with Crippen LogP contribution in [-0.2, 0) is 11.3 Å². The summed E-state index contributed by atoms with van der Waals surface area (Å²) in [6.45, 7) is 4.39. The van der Waals surface area contributed by atoms with Gasteiger partial charge in [-0.25, -0.2) is 4.39 Å². The molecular formula is C19H20BrClFN3O. The highest BCUT2D eigenvalue weighted by Crippen LogP contribution is 2.20. The lowest BCUT2D eigenvalue weighted by Gasteiger charge is -2.34. The molecule has 26 heavy (non-hydrogen) atoms. The van der Waals surface area contributed by atoms with E-state index < -0.39 is 0 Å². The van der Waals surface area contributed by atoms with Crippen LogP contribution in [0.2, 0.25) is 5.02 Å². The Balaban J connectivity index is 1.44. The van der Waals surface area contributed by atoms with Crippen LogP contribution in [0.5, 0.6) is 0 Å². The number of hydrogen-bond donors (Lipinski definition) is 1. The van der Waals surface area contributed by atoms with Crippen LogP contribution in [0.25, 0.3) is 0 Å². The first-order valence-corrected chi connectivity index (χ1v) is 9.61. The van der Waals surface area contributed by atoms with Crippen LogP contribution in [0.4, 0.5) is 10.1 Å². The summed E-state index contributed by atoms with van der Waals surface area (Å²) in [6.07, 6.45) is 0. The van der Waals surface area contributed by atoms with Gasteiger partial charge in [0.05, 0.1) is 6.54 Å². The van der Waals surface area contributed by atoms with Gasteiger partial charge >= 0.3 is 0 Å². The Morgan fingerprint density at radius 2 is 1.73 bits per heavy atom. The van der Waals surface area contributed by atoms with Crippen molar-refractivity contribution in [1.82, 2.24) is 9.80 Å². The predicted octanol–water partition coefficient (Wildman–Crippen LogP) is 4.00. The van der Waals surface area contributed by atoms with Gasteiger partial charge in [-0.2, -0.15) is 0 Å². The Hall–Kier alpha value is -1.47. The van der Waals surface area contributed by atoms with Gasteiger partial charge in [0, 0.05) is 47.9 Å². The molecule has 0 aromatic heterocycles. The molecule has 1 aliphatic heterocycles. The smallest absolute Gasteiger partial charge is 0.238 e. The van der Waals surface area contributed by atoms with Crippen LogP contribution >= 0.6 is 27.5 Å². The summed E-state index contributed by atoms with van der Waals surface area (Å²) in [5, 5.41) is 3.37. The van der Waals surface area contributed by atoms with Gasteiger partial charge in [0.25, 0.3) is 0 Å². The zero-order valence-electron chi connectivity index (χ0n) is 14.2. The van der Waals surface area contributed by atoms with Gasteiger partial charge in [0.1, 0.15) is 5.82 Å². The number of rotatable bonds is 5. The normalized spacial score (nSPS) is 15.8. The number of nitrogens with zero attached hydrogens (tertiary/aromatic N) is 2.